The van der Waals surface area contributed by atoms with Gasteiger partial charge in [-0.1, -0.05) is 0 Å². The molecule has 0 spiro atoms. The molecule has 3 aromatic rings. The van der Waals surface area contributed by atoms with E-state index in [1.165, 1.54) is 11.3 Å². The number of rotatable bonds is 4. The van der Waals surface area contributed by atoms with E-state index in [2.05, 4.69) is 20.5 Å². The van der Waals surface area contributed by atoms with Gasteiger partial charge in [-0.3, -0.25) is 15.2 Å². The fourth-order valence-electron chi connectivity index (χ4n) is 1.82. The number of nitro groups is 1. The molecule has 2 N–H and O–H groups in total. The monoisotopic (exact) mass is 275 g/mol. The molecule has 0 amide bonds. The largest absolute Gasteiger partial charge is 0.374 e. The molecule has 0 saturated heterocycles. The topological polar surface area (TPSA) is 96.7 Å². The minimum Gasteiger partial charge on any atom is -0.374 e. The van der Waals surface area contributed by atoms with E-state index < -0.39 is 4.92 Å². The van der Waals surface area contributed by atoms with Gasteiger partial charge in [0.25, 0.3) is 0 Å². The van der Waals surface area contributed by atoms with Crippen LogP contribution in [-0.4, -0.2) is 20.1 Å². The third kappa shape index (κ3) is 2.13. The van der Waals surface area contributed by atoms with Crippen LogP contribution in [0.1, 0.15) is 5.69 Å². The van der Waals surface area contributed by atoms with E-state index in [0.717, 1.165) is 10.4 Å². The maximum atomic E-state index is 11.2. The van der Waals surface area contributed by atoms with E-state index in [4.69, 9.17) is 0 Å². The molecule has 96 valence electrons. The fraction of sp³-hybridized carbons (Fsp3) is 0.0909. The highest BCUT2D eigenvalue weighted by atomic mass is 32.1. The first-order valence-corrected chi connectivity index (χ1v) is 6.36. The first-order chi connectivity index (χ1) is 9.25. The Bertz CT molecular complexity index is 722. The van der Waals surface area contributed by atoms with Crippen molar-refractivity contribution in [2.24, 2.45) is 0 Å². The van der Waals surface area contributed by atoms with Gasteiger partial charge in [0.15, 0.2) is 5.52 Å². The van der Waals surface area contributed by atoms with E-state index in [1.807, 2.05) is 6.07 Å². The number of H-pyrrole nitrogens is 1. The van der Waals surface area contributed by atoms with Crippen LogP contribution in [0.25, 0.3) is 10.2 Å². The smallest absolute Gasteiger partial charge is 0.319 e. The lowest BCUT2D eigenvalue weighted by Gasteiger charge is -2.05. The normalized spacial score (nSPS) is 10.7. The molecule has 0 radical (unpaired) electrons. The number of aromatic amines is 1. The molecular formula is C11H9N5O2S. The first-order valence-electron chi connectivity index (χ1n) is 5.48. The molecule has 0 aliphatic rings. The molecule has 8 heteroatoms. The maximum Gasteiger partial charge on any atom is 0.319 e. The van der Waals surface area contributed by atoms with Gasteiger partial charge in [0.05, 0.1) is 27.4 Å². The Labute approximate surface area is 111 Å². The predicted octanol–water partition coefficient (Wildman–Crippen LogP) is 2.54. The number of benzene rings is 1. The second-order valence-corrected chi connectivity index (χ2v) is 4.74. The lowest BCUT2D eigenvalue weighted by Crippen LogP contribution is -2.03. The highest BCUT2D eigenvalue weighted by molar-refractivity contribution is 7.16. The summed E-state index contributed by atoms with van der Waals surface area (Å²) in [7, 11) is 0. The summed E-state index contributed by atoms with van der Waals surface area (Å²) in [5.74, 6) is 0. The average molecular weight is 275 g/mol. The van der Waals surface area contributed by atoms with Gasteiger partial charge in [-0.25, -0.2) is 4.98 Å². The quantitative estimate of drug-likeness (QED) is 0.563. The molecule has 1 aromatic carbocycles. The van der Waals surface area contributed by atoms with Crippen LogP contribution in [0.2, 0.25) is 0 Å². The molecule has 7 nitrogen and oxygen atoms in total. The summed E-state index contributed by atoms with van der Waals surface area (Å²) in [6, 6.07) is 5.34. The van der Waals surface area contributed by atoms with E-state index in [9.17, 15) is 10.1 Å². The van der Waals surface area contributed by atoms with Crippen molar-refractivity contribution in [1.29, 1.82) is 0 Å². The van der Waals surface area contributed by atoms with Gasteiger partial charge in [0.1, 0.15) is 5.69 Å². The number of fused-ring (bicyclic) bond motifs is 1. The fourth-order valence-corrected chi connectivity index (χ4v) is 2.50. The van der Waals surface area contributed by atoms with Gasteiger partial charge >= 0.3 is 5.69 Å². The minimum absolute atomic E-state index is 0.0123. The maximum absolute atomic E-state index is 11.2. The minimum atomic E-state index is -0.405. The molecule has 0 aliphatic carbocycles. The Morgan fingerprint density at radius 1 is 1.42 bits per heavy atom. The standard InChI is InChI=1S/C11H9N5O2S/c17-16(18)11-8(12-5-7-3-4-14-15-7)1-2-9-10(11)13-6-19-9/h1-4,6,12H,5H2,(H,14,15). The molecule has 0 atom stereocenters. The SMILES string of the molecule is O=[N+]([O-])c1c(NCc2ccn[nH]2)ccc2scnc12. The summed E-state index contributed by atoms with van der Waals surface area (Å²) in [4.78, 5) is 14.9. The second-order valence-electron chi connectivity index (χ2n) is 3.85. The van der Waals surface area contributed by atoms with Crippen LogP contribution >= 0.6 is 11.3 Å². The Balaban J connectivity index is 1.97. The number of aromatic nitrogens is 3. The van der Waals surface area contributed by atoms with E-state index >= 15 is 0 Å². The zero-order valence-corrected chi connectivity index (χ0v) is 10.5. The van der Waals surface area contributed by atoms with E-state index in [1.54, 1.807) is 23.8 Å². The second kappa shape index (κ2) is 4.65. The number of thiazole rings is 1. The van der Waals surface area contributed by atoms with Crippen LogP contribution < -0.4 is 5.32 Å². The van der Waals surface area contributed by atoms with Crippen molar-refractivity contribution in [3.8, 4) is 0 Å². The van der Waals surface area contributed by atoms with Crippen molar-refractivity contribution in [3.05, 3.63) is 45.7 Å². The predicted molar refractivity (Wildman–Crippen MR) is 72.2 cm³/mol. The van der Waals surface area contributed by atoms with E-state index in [0.29, 0.717) is 17.7 Å². The van der Waals surface area contributed by atoms with Crippen molar-refractivity contribution in [3.63, 3.8) is 0 Å². The Hall–Kier alpha value is -2.48. The number of nitro benzene ring substituents is 1. The first kappa shape index (κ1) is 11.6. The summed E-state index contributed by atoms with van der Waals surface area (Å²) in [5.41, 5.74) is 3.35. The molecule has 0 unspecified atom stereocenters. The summed E-state index contributed by atoms with van der Waals surface area (Å²) in [6.45, 7) is 0.441. The van der Waals surface area contributed by atoms with Gasteiger partial charge in [-0.15, -0.1) is 11.3 Å². The van der Waals surface area contributed by atoms with Crippen LogP contribution in [-0.2, 0) is 6.54 Å². The molecule has 0 aliphatic heterocycles. The number of nitrogens with zero attached hydrogens (tertiary/aromatic N) is 3. The lowest BCUT2D eigenvalue weighted by molar-refractivity contribution is -0.382. The molecule has 0 saturated carbocycles. The third-order valence-corrected chi connectivity index (χ3v) is 3.48. The molecule has 0 bridgehead atoms. The zero-order valence-electron chi connectivity index (χ0n) is 9.66. The van der Waals surface area contributed by atoms with Crippen molar-refractivity contribution >= 4 is 32.9 Å². The Morgan fingerprint density at radius 2 is 2.32 bits per heavy atom. The molecule has 19 heavy (non-hydrogen) atoms. The Morgan fingerprint density at radius 3 is 3.05 bits per heavy atom. The summed E-state index contributed by atoms with van der Waals surface area (Å²) >= 11 is 1.38. The Kier molecular flexibility index (Phi) is 2.84. The van der Waals surface area contributed by atoms with Gasteiger partial charge in [-0.2, -0.15) is 5.10 Å². The lowest BCUT2D eigenvalue weighted by atomic mass is 10.2. The number of hydrogen-bond donors (Lipinski definition) is 2. The van der Waals surface area contributed by atoms with Gasteiger partial charge in [0.2, 0.25) is 0 Å². The zero-order chi connectivity index (χ0) is 13.2. The third-order valence-electron chi connectivity index (χ3n) is 2.69. The highest BCUT2D eigenvalue weighted by Gasteiger charge is 2.20. The molecule has 3 rings (SSSR count). The van der Waals surface area contributed by atoms with Crippen LogP contribution in [0.15, 0.2) is 29.9 Å². The van der Waals surface area contributed by atoms with Crippen LogP contribution in [0.3, 0.4) is 0 Å². The average Bonchev–Trinajstić information content (AvgIpc) is 3.06. The van der Waals surface area contributed by atoms with Crippen LogP contribution in [0.4, 0.5) is 11.4 Å². The number of hydrogen-bond acceptors (Lipinski definition) is 6. The number of nitrogens with one attached hydrogen (secondary N) is 2. The van der Waals surface area contributed by atoms with Crippen LogP contribution in [0.5, 0.6) is 0 Å². The summed E-state index contributed by atoms with van der Waals surface area (Å²) in [5, 5.41) is 20.9. The molecule has 2 aromatic heterocycles. The van der Waals surface area contributed by atoms with E-state index in [-0.39, 0.29) is 5.69 Å². The van der Waals surface area contributed by atoms with Crippen molar-refractivity contribution in [2.75, 3.05) is 5.32 Å². The summed E-state index contributed by atoms with van der Waals surface area (Å²) < 4.78 is 0.804. The highest BCUT2D eigenvalue weighted by Crippen LogP contribution is 2.34. The van der Waals surface area contributed by atoms with Gasteiger partial charge in [0, 0.05) is 6.20 Å². The molecular weight excluding hydrogens is 266 g/mol. The van der Waals surface area contributed by atoms with Crippen molar-refractivity contribution < 1.29 is 4.92 Å². The molecule has 2 heterocycles. The molecule has 0 fully saturated rings. The van der Waals surface area contributed by atoms with Crippen molar-refractivity contribution in [2.45, 2.75) is 6.54 Å². The number of anilines is 1. The van der Waals surface area contributed by atoms with Gasteiger partial charge in [-0.05, 0) is 18.2 Å². The summed E-state index contributed by atoms with van der Waals surface area (Å²) in [6.07, 6.45) is 1.63. The van der Waals surface area contributed by atoms with Crippen molar-refractivity contribution in [1.82, 2.24) is 15.2 Å². The van der Waals surface area contributed by atoms with Crippen LogP contribution in [0, 0.1) is 10.1 Å². The van der Waals surface area contributed by atoms with Gasteiger partial charge < -0.3 is 5.32 Å².